The minimum absolute atomic E-state index is 0.261. The second-order valence-electron chi connectivity index (χ2n) is 3.57. The van der Waals surface area contributed by atoms with Crippen molar-refractivity contribution in [3.63, 3.8) is 0 Å². The molecule has 0 bridgehead atoms. The van der Waals surface area contributed by atoms with E-state index < -0.39 is 0 Å². The van der Waals surface area contributed by atoms with Crippen LogP contribution in [0.1, 0.15) is 16.2 Å². The van der Waals surface area contributed by atoms with Gasteiger partial charge in [-0.1, -0.05) is 0 Å². The van der Waals surface area contributed by atoms with Crippen molar-refractivity contribution in [1.82, 2.24) is 20.5 Å². The highest BCUT2D eigenvalue weighted by atomic mass is 16.5. The molecule has 1 amide bonds. The Kier molecular flexibility index (Phi) is 3.42. The van der Waals surface area contributed by atoms with Gasteiger partial charge in [-0.05, 0) is 18.2 Å². The number of carbonyl (C=O) groups excluding carboxylic acids is 1. The number of hydrogen-bond donors (Lipinski definition) is 3. The predicted octanol–water partition coefficient (Wildman–Crippen LogP) is 0.325. The van der Waals surface area contributed by atoms with Crippen molar-refractivity contribution in [2.45, 2.75) is 6.54 Å². The lowest BCUT2D eigenvalue weighted by Gasteiger charge is -2.09. The first-order chi connectivity index (χ1) is 8.70. The number of rotatable bonds is 4. The summed E-state index contributed by atoms with van der Waals surface area (Å²) in [7, 11) is 1.50. The predicted molar refractivity (Wildman–Crippen MR) is 65.0 cm³/mol. The van der Waals surface area contributed by atoms with Crippen molar-refractivity contribution >= 4 is 11.6 Å². The molecular weight excluding hydrogens is 234 g/mol. The maximum Gasteiger partial charge on any atom is 0.255 e. The van der Waals surface area contributed by atoms with Gasteiger partial charge in [0, 0.05) is 5.69 Å². The van der Waals surface area contributed by atoms with E-state index in [2.05, 4.69) is 20.5 Å². The molecule has 4 N–H and O–H groups in total. The standard InChI is InChI=1S/C11H13N5O2/c1-18-9-3-2-7(12)4-8(9)11(17)13-5-10-14-6-15-16-10/h2-4,6H,5,12H2,1H3,(H,13,17)(H,14,15,16). The molecule has 2 aromatic rings. The zero-order chi connectivity index (χ0) is 13.0. The zero-order valence-corrected chi connectivity index (χ0v) is 9.80. The summed E-state index contributed by atoms with van der Waals surface area (Å²) in [5, 5.41) is 9.04. The van der Waals surface area contributed by atoms with Crippen LogP contribution in [0.4, 0.5) is 5.69 Å². The first kappa shape index (κ1) is 11.9. The van der Waals surface area contributed by atoms with Gasteiger partial charge in [0.25, 0.3) is 5.91 Å². The van der Waals surface area contributed by atoms with E-state index in [4.69, 9.17) is 10.5 Å². The number of aromatic amines is 1. The number of anilines is 1. The number of ether oxygens (including phenoxy) is 1. The largest absolute Gasteiger partial charge is 0.496 e. The molecule has 1 aromatic heterocycles. The first-order valence-corrected chi connectivity index (χ1v) is 5.26. The number of benzene rings is 1. The van der Waals surface area contributed by atoms with Gasteiger partial charge in [-0.3, -0.25) is 9.89 Å². The Morgan fingerprint density at radius 1 is 1.56 bits per heavy atom. The van der Waals surface area contributed by atoms with Crippen molar-refractivity contribution in [1.29, 1.82) is 0 Å². The second-order valence-corrected chi connectivity index (χ2v) is 3.57. The molecular formula is C11H13N5O2. The van der Waals surface area contributed by atoms with Gasteiger partial charge in [-0.15, -0.1) is 0 Å². The van der Waals surface area contributed by atoms with Gasteiger partial charge in [0.2, 0.25) is 0 Å². The fourth-order valence-electron chi connectivity index (χ4n) is 1.48. The van der Waals surface area contributed by atoms with E-state index in [1.54, 1.807) is 18.2 Å². The van der Waals surface area contributed by atoms with E-state index in [9.17, 15) is 4.79 Å². The number of amides is 1. The lowest BCUT2D eigenvalue weighted by molar-refractivity contribution is 0.0947. The van der Waals surface area contributed by atoms with Crippen LogP contribution < -0.4 is 15.8 Å². The van der Waals surface area contributed by atoms with E-state index in [-0.39, 0.29) is 12.5 Å². The molecule has 1 heterocycles. The quantitative estimate of drug-likeness (QED) is 0.675. The highest BCUT2D eigenvalue weighted by Crippen LogP contribution is 2.20. The van der Waals surface area contributed by atoms with E-state index in [1.807, 2.05) is 0 Å². The highest BCUT2D eigenvalue weighted by molar-refractivity contribution is 5.97. The minimum Gasteiger partial charge on any atom is -0.496 e. The highest BCUT2D eigenvalue weighted by Gasteiger charge is 2.12. The van der Waals surface area contributed by atoms with Crippen LogP contribution in [0.25, 0.3) is 0 Å². The van der Waals surface area contributed by atoms with Gasteiger partial charge >= 0.3 is 0 Å². The van der Waals surface area contributed by atoms with E-state index in [0.29, 0.717) is 22.8 Å². The molecule has 0 saturated heterocycles. The van der Waals surface area contributed by atoms with Crippen molar-refractivity contribution in [3.05, 3.63) is 35.9 Å². The van der Waals surface area contributed by atoms with Gasteiger partial charge < -0.3 is 15.8 Å². The average Bonchev–Trinajstić information content (AvgIpc) is 2.89. The minimum atomic E-state index is -0.282. The number of aromatic nitrogens is 3. The molecule has 0 saturated carbocycles. The monoisotopic (exact) mass is 247 g/mol. The summed E-state index contributed by atoms with van der Waals surface area (Å²) >= 11 is 0. The third-order valence-electron chi connectivity index (χ3n) is 2.35. The third kappa shape index (κ3) is 2.57. The lowest BCUT2D eigenvalue weighted by Crippen LogP contribution is -2.24. The molecule has 0 radical (unpaired) electrons. The van der Waals surface area contributed by atoms with Crippen LogP contribution in [0.2, 0.25) is 0 Å². The molecule has 7 heteroatoms. The summed E-state index contributed by atoms with van der Waals surface area (Å²) in [4.78, 5) is 15.9. The molecule has 18 heavy (non-hydrogen) atoms. The Bertz CT molecular complexity index is 538. The van der Waals surface area contributed by atoms with Crippen molar-refractivity contribution < 1.29 is 9.53 Å². The fourth-order valence-corrected chi connectivity index (χ4v) is 1.48. The Labute approximate surface area is 103 Å². The number of H-pyrrole nitrogens is 1. The normalized spacial score (nSPS) is 10.1. The smallest absolute Gasteiger partial charge is 0.255 e. The number of nitrogen functional groups attached to an aromatic ring is 1. The molecule has 0 aliphatic rings. The van der Waals surface area contributed by atoms with E-state index in [1.165, 1.54) is 13.4 Å². The maximum atomic E-state index is 12.0. The molecule has 2 rings (SSSR count). The van der Waals surface area contributed by atoms with E-state index in [0.717, 1.165) is 0 Å². The molecule has 1 aromatic carbocycles. The first-order valence-electron chi connectivity index (χ1n) is 5.26. The van der Waals surface area contributed by atoms with Crippen LogP contribution in [0, 0.1) is 0 Å². The zero-order valence-electron chi connectivity index (χ0n) is 9.80. The van der Waals surface area contributed by atoms with Crippen LogP contribution in [0.5, 0.6) is 5.75 Å². The van der Waals surface area contributed by atoms with Gasteiger partial charge in [0.05, 0.1) is 19.2 Å². The average molecular weight is 247 g/mol. The summed E-state index contributed by atoms with van der Waals surface area (Å²) in [5.74, 6) is 0.765. The fraction of sp³-hybridized carbons (Fsp3) is 0.182. The number of nitrogens with two attached hydrogens (primary N) is 1. The number of nitrogens with zero attached hydrogens (tertiary/aromatic N) is 2. The number of carbonyl (C=O) groups is 1. The lowest BCUT2D eigenvalue weighted by atomic mass is 10.1. The molecule has 94 valence electrons. The maximum absolute atomic E-state index is 12.0. The summed E-state index contributed by atoms with van der Waals surface area (Å²) in [5.41, 5.74) is 6.53. The van der Waals surface area contributed by atoms with Crippen molar-refractivity contribution in [3.8, 4) is 5.75 Å². The number of methoxy groups -OCH3 is 1. The summed E-state index contributed by atoms with van der Waals surface area (Å²) < 4.78 is 5.11. The summed E-state index contributed by atoms with van der Waals surface area (Å²) in [6.07, 6.45) is 1.38. The molecule has 0 fully saturated rings. The Balaban J connectivity index is 2.10. The Morgan fingerprint density at radius 3 is 3.06 bits per heavy atom. The Hall–Kier alpha value is -2.57. The van der Waals surface area contributed by atoms with Crippen molar-refractivity contribution in [2.24, 2.45) is 0 Å². The van der Waals surface area contributed by atoms with Gasteiger partial charge in [-0.25, -0.2) is 4.98 Å². The third-order valence-corrected chi connectivity index (χ3v) is 2.35. The molecule has 0 spiro atoms. The summed E-state index contributed by atoms with van der Waals surface area (Å²) in [6, 6.07) is 4.89. The van der Waals surface area contributed by atoms with Gasteiger partial charge in [0.1, 0.15) is 17.9 Å². The van der Waals surface area contributed by atoms with Crippen LogP contribution in [0.15, 0.2) is 24.5 Å². The Morgan fingerprint density at radius 2 is 2.39 bits per heavy atom. The van der Waals surface area contributed by atoms with E-state index >= 15 is 0 Å². The van der Waals surface area contributed by atoms with Crippen LogP contribution in [-0.4, -0.2) is 28.2 Å². The number of nitrogens with one attached hydrogen (secondary N) is 2. The van der Waals surface area contributed by atoms with Crippen LogP contribution in [0.3, 0.4) is 0 Å². The van der Waals surface area contributed by atoms with Gasteiger partial charge in [0.15, 0.2) is 0 Å². The van der Waals surface area contributed by atoms with Crippen LogP contribution >= 0.6 is 0 Å². The number of hydrogen-bond acceptors (Lipinski definition) is 5. The van der Waals surface area contributed by atoms with Gasteiger partial charge in [-0.2, -0.15) is 5.10 Å². The second kappa shape index (κ2) is 5.17. The molecule has 0 aliphatic heterocycles. The molecule has 7 nitrogen and oxygen atoms in total. The topological polar surface area (TPSA) is 106 Å². The molecule has 0 aliphatic carbocycles. The molecule has 0 unspecified atom stereocenters. The SMILES string of the molecule is COc1ccc(N)cc1C(=O)NCc1ncn[nH]1. The van der Waals surface area contributed by atoms with Crippen LogP contribution in [-0.2, 0) is 6.54 Å². The summed E-state index contributed by atoms with van der Waals surface area (Å²) in [6.45, 7) is 0.261. The molecule has 0 atom stereocenters. The van der Waals surface area contributed by atoms with Crippen molar-refractivity contribution in [2.75, 3.05) is 12.8 Å².